The average molecular weight is 176 g/mol. The molecule has 13 heavy (non-hydrogen) atoms. The van der Waals surface area contributed by atoms with Gasteiger partial charge in [0.25, 0.3) is 0 Å². The summed E-state index contributed by atoms with van der Waals surface area (Å²) >= 11 is 0. The van der Waals surface area contributed by atoms with E-state index in [9.17, 15) is 0 Å². The molecule has 0 unspecified atom stereocenters. The van der Waals surface area contributed by atoms with Gasteiger partial charge in [0.1, 0.15) is 11.8 Å². The van der Waals surface area contributed by atoms with Crippen LogP contribution < -0.4 is 10.5 Å². The van der Waals surface area contributed by atoms with Gasteiger partial charge < -0.3 is 10.5 Å². The van der Waals surface area contributed by atoms with Crippen LogP contribution in [0.3, 0.4) is 0 Å². The third kappa shape index (κ3) is 2.46. The van der Waals surface area contributed by atoms with Crippen LogP contribution in [-0.2, 0) is 6.54 Å². The highest BCUT2D eigenvalue weighted by Gasteiger charge is 1.99. The molecule has 1 rings (SSSR count). The Hall–Kier alpha value is -1.53. The molecule has 0 radical (unpaired) electrons. The van der Waals surface area contributed by atoms with Crippen molar-refractivity contribution in [2.75, 3.05) is 6.61 Å². The number of benzene rings is 1. The van der Waals surface area contributed by atoms with E-state index in [4.69, 9.17) is 15.7 Å². The van der Waals surface area contributed by atoms with Crippen LogP contribution >= 0.6 is 0 Å². The Balaban J connectivity index is 2.85. The fourth-order valence-electron chi connectivity index (χ4n) is 1.04. The molecule has 0 heterocycles. The molecule has 0 spiro atoms. The first-order chi connectivity index (χ1) is 6.27. The van der Waals surface area contributed by atoms with E-state index in [1.165, 1.54) is 0 Å². The average Bonchev–Trinajstić information content (AvgIpc) is 2.17. The maximum absolute atomic E-state index is 8.35. The SMILES string of the molecule is Cc1ccc(CN)cc1OCC#N. The van der Waals surface area contributed by atoms with Crippen molar-refractivity contribution in [2.45, 2.75) is 13.5 Å². The highest BCUT2D eigenvalue weighted by molar-refractivity contribution is 5.36. The zero-order valence-corrected chi connectivity index (χ0v) is 7.58. The summed E-state index contributed by atoms with van der Waals surface area (Å²) in [5, 5.41) is 8.35. The third-order valence-electron chi connectivity index (χ3n) is 1.78. The lowest BCUT2D eigenvalue weighted by atomic mass is 10.1. The van der Waals surface area contributed by atoms with E-state index >= 15 is 0 Å². The van der Waals surface area contributed by atoms with Crippen molar-refractivity contribution in [3.8, 4) is 11.8 Å². The van der Waals surface area contributed by atoms with Gasteiger partial charge in [-0.15, -0.1) is 0 Å². The van der Waals surface area contributed by atoms with Gasteiger partial charge >= 0.3 is 0 Å². The molecule has 3 nitrogen and oxygen atoms in total. The van der Waals surface area contributed by atoms with E-state index in [-0.39, 0.29) is 6.61 Å². The number of ether oxygens (including phenoxy) is 1. The lowest BCUT2D eigenvalue weighted by Crippen LogP contribution is -2.00. The summed E-state index contributed by atoms with van der Waals surface area (Å²) in [7, 11) is 0. The fraction of sp³-hybridized carbons (Fsp3) is 0.300. The number of nitrogens with two attached hydrogens (primary N) is 1. The first kappa shape index (κ1) is 9.56. The Morgan fingerprint density at radius 2 is 2.31 bits per heavy atom. The number of aryl methyl sites for hydroxylation is 1. The summed E-state index contributed by atoms with van der Waals surface area (Å²) in [5.41, 5.74) is 7.51. The lowest BCUT2D eigenvalue weighted by molar-refractivity contribution is 0.365. The molecule has 1 aromatic rings. The third-order valence-corrected chi connectivity index (χ3v) is 1.78. The summed E-state index contributed by atoms with van der Waals surface area (Å²) in [6.45, 7) is 2.51. The van der Waals surface area contributed by atoms with Gasteiger partial charge in [0.15, 0.2) is 6.61 Å². The first-order valence-corrected chi connectivity index (χ1v) is 4.07. The molecule has 0 aliphatic heterocycles. The quantitative estimate of drug-likeness (QED) is 0.756. The number of nitriles is 1. The number of hydrogen-bond donors (Lipinski definition) is 1. The monoisotopic (exact) mass is 176 g/mol. The summed E-state index contributed by atoms with van der Waals surface area (Å²) < 4.78 is 5.21. The predicted molar refractivity (Wildman–Crippen MR) is 50.2 cm³/mol. The van der Waals surface area contributed by atoms with E-state index in [0.717, 1.165) is 16.9 Å². The van der Waals surface area contributed by atoms with Gasteiger partial charge in [-0.3, -0.25) is 0 Å². The smallest absolute Gasteiger partial charge is 0.174 e. The minimum atomic E-state index is 0.0782. The highest BCUT2D eigenvalue weighted by atomic mass is 16.5. The molecule has 3 heteroatoms. The van der Waals surface area contributed by atoms with Gasteiger partial charge in [0.05, 0.1) is 0 Å². The van der Waals surface area contributed by atoms with Gasteiger partial charge in [0.2, 0.25) is 0 Å². The summed E-state index contributed by atoms with van der Waals surface area (Å²) in [4.78, 5) is 0. The maximum Gasteiger partial charge on any atom is 0.174 e. The molecular weight excluding hydrogens is 164 g/mol. The zero-order chi connectivity index (χ0) is 9.68. The Morgan fingerprint density at radius 1 is 1.54 bits per heavy atom. The molecule has 0 aromatic heterocycles. The van der Waals surface area contributed by atoms with Crippen molar-refractivity contribution in [2.24, 2.45) is 5.73 Å². The van der Waals surface area contributed by atoms with Crippen molar-refractivity contribution in [1.29, 1.82) is 5.26 Å². The predicted octanol–water partition coefficient (Wildman–Crippen LogP) is 1.36. The van der Waals surface area contributed by atoms with Crippen molar-refractivity contribution < 1.29 is 4.74 Å². The molecule has 68 valence electrons. The minimum absolute atomic E-state index is 0.0782. The number of nitrogens with zero attached hydrogens (tertiary/aromatic N) is 1. The second kappa shape index (κ2) is 4.48. The number of hydrogen-bond acceptors (Lipinski definition) is 3. The molecule has 2 N–H and O–H groups in total. The van der Waals surface area contributed by atoms with Gasteiger partial charge in [-0.25, -0.2) is 0 Å². The van der Waals surface area contributed by atoms with E-state index in [0.29, 0.717) is 6.54 Å². The largest absolute Gasteiger partial charge is 0.478 e. The topological polar surface area (TPSA) is 59.0 Å². The van der Waals surface area contributed by atoms with Crippen molar-refractivity contribution >= 4 is 0 Å². The zero-order valence-electron chi connectivity index (χ0n) is 7.58. The van der Waals surface area contributed by atoms with Crippen molar-refractivity contribution in [3.63, 3.8) is 0 Å². The standard InChI is InChI=1S/C10H12N2O/c1-8-2-3-9(7-12)6-10(8)13-5-4-11/h2-3,6H,5,7,12H2,1H3. The molecule has 0 atom stereocenters. The van der Waals surface area contributed by atoms with Crippen LogP contribution in [-0.4, -0.2) is 6.61 Å². The van der Waals surface area contributed by atoms with Gasteiger partial charge in [-0.2, -0.15) is 5.26 Å². The molecule has 0 saturated heterocycles. The van der Waals surface area contributed by atoms with Gasteiger partial charge in [-0.05, 0) is 24.1 Å². The molecule has 0 bridgehead atoms. The lowest BCUT2D eigenvalue weighted by Gasteiger charge is -2.06. The van der Waals surface area contributed by atoms with Crippen LogP contribution in [0.5, 0.6) is 5.75 Å². The van der Waals surface area contributed by atoms with Crippen molar-refractivity contribution in [1.82, 2.24) is 0 Å². The van der Waals surface area contributed by atoms with Crippen LogP contribution in [0.1, 0.15) is 11.1 Å². The normalized spacial score (nSPS) is 9.31. The summed E-state index contributed by atoms with van der Waals surface area (Å²) in [5.74, 6) is 0.740. The van der Waals surface area contributed by atoms with Crippen LogP contribution in [0, 0.1) is 18.3 Å². The first-order valence-electron chi connectivity index (χ1n) is 4.07. The second-order valence-corrected chi connectivity index (χ2v) is 2.75. The van der Waals surface area contributed by atoms with Crippen LogP contribution in [0.25, 0.3) is 0 Å². The molecular formula is C10H12N2O. The molecule has 0 amide bonds. The second-order valence-electron chi connectivity index (χ2n) is 2.75. The van der Waals surface area contributed by atoms with Crippen molar-refractivity contribution in [3.05, 3.63) is 29.3 Å². The molecule has 0 aliphatic carbocycles. The van der Waals surface area contributed by atoms with E-state index in [2.05, 4.69) is 0 Å². The molecule has 0 fully saturated rings. The Labute approximate surface area is 77.7 Å². The van der Waals surface area contributed by atoms with Gasteiger partial charge in [0, 0.05) is 6.54 Å². The summed E-state index contributed by atoms with van der Waals surface area (Å²) in [6.07, 6.45) is 0. The Morgan fingerprint density at radius 3 is 2.92 bits per heavy atom. The molecule has 0 aliphatic rings. The Kier molecular flexibility index (Phi) is 3.30. The van der Waals surface area contributed by atoms with Crippen LogP contribution in [0.4, 0.5) is 0 Å². The maximum atomic E-state index is 8.35. The van der Waals surface area contributed by atoms with E-state index in [1.54, 1.807) is 0 Å². The van der Waals surface area contributed by atoms with E-state index < -0.39 is 0 Å². The minimum Gasteiger partial charge on any atom is -0.478 e. The number of rotatable bonds is 3. The molecule has 0 saturated carbocycles. The van der Waals surface area contributed by atoms with Crippen LogP contribution in [0.15, 0.2) is 18.2 Å². The molecule has 1 aromatic carbocycles. The highest BCUT2D eigenvalue weighted by Crippen LogP contribution is 2.18. The van der Waals surface area contributed by atoms with E-state index in [1.807, 2.05) is 31.2 Å². The van der Waals surface area contributed by atoms with Crippen LogP contribution in [0.2, 0.25) is 0 Å². The van der Waals surface area contributed by atoms with Gasteiger partial charge in [-0.1, -0.05) is 12.1 Å². The Bertz CT molecular complexity index is 328. The fourth-order valence-corrected chi connectivity index (χ4v) is 1.04. The summed E-state index contributed by atoms with van der Waals surface area (Å²) in [6, 6.07) is 7.69.